The molecule has 178 valence electrons. The number of aliphatic carboxylic acids is 2. The number of aromatic carboxylic acids is 1. The highest BCUT2D eigenvalue weighted by molar-refractivity contribution is 5.89. The van der Waals surface area contributed by atoms with Crippen molar-refractivity contribution in [2.75, 3.05) is 0 Å². The van der Waals surface area contributed by atoms with Gasteiger partial charge in [-0.05, 0) is 35.4 Å². The van der Waals surface area contributed by atoms with Crippen molar-refractivity contribution >= 4 is 30.1 Å². The molecule has 3 aromatic carbocycles. The Morgan fingerprint density at radius 3 is 1.58 bits per heavy atom. The van der Waals surface area contributed by atoms with Crippen LogP contribution in [0.2, 0.25) is 0 Å². The molecule has 1 aromatic heterocycles. The number of carbonyl (C=O) groups is 3. The Morgan fingerprint density at radius 2 is 1.11 bits per heavy atom. The molecule has 0 unspecified atom stereocenters. The number of aromatic nitrogens is 2. The van der Waals surface area contributed by atoms with Gasteiger partial charge in [0.25, 0.3) is 0 Å². The summed E-state index contributed by atoms with van der Waals surface area (Å²) in [6.07, 6.45) is 5.12. The highest BCUT2D eigenvalue weighted by atomic mass is 16.4. The molecule has 0 amide bonds. The molecule has 0 fully saturated rings. The number of aromatic amines is 1. The lowest BCUT2D eigenvalue weighted by Crippen LogP contribution is -1.95. The molecule has 0 atom stereocenters. The second-order valence-electron chi connectivity index (χ2n) is 7.78. The van der Waals surface area contributed by atoms with Gasteiger partial charge in [0.1, 0.15) is 5.82 Å². The summed E-state index contributed by atoms with van der Waals surface area (Å²) in [5.41, 5.74) is 5.28. The number of nitrogens with one attached hydrogen (secondary N) is 1. The van der Waals surface area contributed by atoms with Crippen molar-refractivity contribution in [2.45, 2.75) is 0 Å². The summed E-state index contributed by atoms with van der Waals surface area (Å²) in [4.78, 5) is 40.9. The van der Waals surface area contributed by atoms with Crippen molar-refractivity contribution in [3.8, 4) is 33.9 Å². The Hall–Kier alpha value is -5.24. The summed E-state index contributed by atoms with van der Waals surface area (Å²) in [7, 11) is 0. The van der Waals surface area contributed by atoms with Crippen LogP contribution in [0.4, 0.5) is 0 Å². The highest BCUT2D eigenvalue weighted by Gasteiger charge is 2.16. The van der Waals surface area contributed by atoms with E-state index < -0.39 is 17.9 Å². The number of carboxylic acid groups (broad SMARTS) is 3. The van der Waals surface area contributed by atoms with Crippen molar-refractivity contribution in [1.82, 2.24) is 9.97 Å². The summed E-state index contributed by atoms with van der Waals surface area (Å²) in [5.74, 6) is -2.54. The average molecular weight is 480 g/mol. The maximum Gasteiger partial charge on any atom is 0.335 e. The zero-order chi connectivity index (χ0) is 25.7. The minimum absolute atomic E-state index is 0.167. The van der Waals surface area contributed by atoms with Crippen LogP contribution in [0.3, 0.4) is 0 Å². The number of hydrogen-bond donors (Lipinski definition) is 4. The fourth-order valence-electron chi connectivity index (χ4n) is 3.55. The third kappa shape index (κ3) is 5.63. The third-order valence-electron chi connectivity index (χ3n) is 5.33. The lowest BCUT2D eigenvalue weighted by molar-refractivity contribution is -0.132. The Morgan fingerprint density at radius 1 is 0.639 bits per heavy atom. The lowest BCUT2D eigenvalue weighted by atomic mass is 10.0. The van der Waals surface area contributed by atoms with Crippen LogP contribution in [0.5, 0.6) is 0 Å². The van der Waals surface area contributed by atoms with Gasteiger partial charge < -0.3 is 20.3 Å². The van der Waals surface area contributed by atoms with Gasteiger partial charge in [0.2, 0.25) is 0 Å². The predicted molar refractivity (Wildman–Crippen MR) is 135 cm³/mol. The molecule has 0 aliphatic rings. The molecule has 0 radical (unpaired) electrons. The van der Waals surface area contributed by atoms with E-state index in [1.54, 1.807) is 36.4 Å². The second-order valence-corrected chi connectivity index (χ2v) is 7.78. The van der Waals surface area contributed by atoms with Gasteiger partial charge in [0.15, 0.2) is 0 Å². The first-order valence-electron chi connectivity index (χ1n) is 10.8. The molecule has 0 saturated heterocycles. The number of benzene rings is 3. The van der Waals surface area contributed by atoms with Crippen molar-refractivity contribution in [3.63, 3.8) is 0 Å². The fourth-order valence-corrected chi connectivity index (χ4v) is 3.55. The summed E-state index contributed by atoms with van der Waals surface area (Å²) >= 11 is 0. The van der Waals surface area contributed by atoms with Crippen LogP contribution >= 0.6 is 0 Å². The molecule has 4 rings (SSSR count). The highest BCUT2D eigenvalue weighted by Crippen LogP contribution is 2.33. The van der Waals surface area contributed by atoms with Crippen molar-refractivity contribution in [1.29, 1.82) is 0 Å². The first-order valence-corrected chi connectivity index (χ1v) is 10.8. The van der Waals surface area contributed by atoms with Gasteiger partial charge in [-0.2, -0.15) is 0 Å². The molecular weight excluding hydrogens is 460 g/mol. The zero-order valence-corrected chi connectivity index (χ0v) is 18.8. The summed E-state index contributed by atoms with van der Waals surface area (Å²) in [5, 5.41) is 26.9. The van der Waals surface area contributed by atoms with Crippen LogP contribution in [-0.4, -0.2) is 43.2 Å². The van der Waals surface area contributed by atoms with Gasteiger partial charge in [-0.25, -0.2) is 19.4 Å². The molecule has 0 aliphatic carbocycles. The standard InChI is InChI=1S/C28H20N2O6/c31-23(32)15-5-17-1-7-19(8-2-17)25-26(20-9-3-18(4-10-20)6-16-24(33)34)30-27(29-25)21-11-13-22(14-12-21)28(35)36/h1-16H,(H,29,30)(H,31,32)(H,33,34)(H,35,36). The van der Waals surface area contributed by atoms with E-state index in [4.69, 9.17) is 15.2 Å². The van der Waals surface area contributed by atoms with E-state index >= 15 is 0 Å². The second kappa shape index (κ2) is 10.4. The first kappa shape index (κ1) is 23.9. The normalized spacial score (nSPS) is 11.2. The molecule has 0 bridgehead atoms. The van der Waals surface area contributed by atoms with Crippen LogP contribution in [0, 0.1) is 0 Å². The van der Waals surface area contributed by atoms with E-state index in [1.165, 1.54) is 24.3 Å². The molecule has 0 saturated carbocycles. The third-order valence-corrected chi connectivity index (χ3v) is 5.33. The quantitative estimate of drug-likeness (QED) is 0.251. The van der Waals surface area contributed by atoms with Crippen molar-refractivity contribution in [3.05, 3.63) is 102 Å². The van der Waals surface area contributed by atoms with E-state index in [2.05, 4.69) is 4.98 Å². The first-order chi connectivity index (χ1) is 17.3. The minimum atomic E-state index is -1.03. The Bertz CT molecular complexity index is 1390. The number of carboxylic acids is 3. The van der Waals surface area contributed by atoms with Crippen molar-refractivity contribution in [2.24, 2.45) is 0 Å². The molecule has 0 spiro atoms. The topological polar surface area (TPSA) is 141 Å². The van der Waals surface area contributed by atoms with Gasteiger partial charge in [0.05, 0.1) is 17.0 Å². The van der Waals surface area contributed by atoms with Gasteiger partial charge in [-0.1, -0.05) is 60.7 Å². The SMILES string of the molecule is O=C(O)C=Cc1ccc(-c2nc(-c3ccc(C(=O)O)cc3)[nH]c2-c2ccc(C=CC(=O)O)cc2)cc1. The number of imidazole rings is 1. The molecule has 8 heteroatoms. The van der Waals surface area contributed by atoms with Crippen LogP contribution in [0.15, 0.2) is 84.9 Å². The monoisotopic (exact) mass is 480 g/mol. The predicted octanol–water partition coefficient (Wildman–Crippen LogP) is 5.30. The molecule has 0 aliphatic heterocycles. The minimum Gasteiger partial charge on any atom is -0.478 e. The number of hydrogen-bond acceptors (Lipinski definition) is 4. The molecule has 1 heterocycles. The van der Waals surface area contributed by atoms with Crippen LogP contribution < -0.4 is 0 Å². The average Bonchev–Trinajstić information content (AvgIpc) is 3.32. The van der Waals surface area contributed by atoms with Gasteiger partial charge in [-0.3, -0.25) is 0 Å². The molecule has 4 N–H and O–H groups in total. The van der Waals surface area contributed by atoms with Gasteiger partial charge >= 0.3 is 17.9 Å². The van der Waals surface area contributed by atoms with E-state index in [0.29, 0.717) is 17.1 Å². The largest absolute Gasteiger partial charge is 0.478 e. The Labute approximate surface area is 205 Å². The van der Waals surface area contributed by atoms with Crippen LogP contribution in [0.1, 0.15) is 21.5 Å². The summed E-state index contributed by atoms with van der Waals surface area (Å²) in [6.45, 7) is 0. The Kier molecular flexibility index (Phi) is 6.87. The molecule has 8 nitrogen and oxygen atoms in total. The van der Waals surface area contributed by atoms with Gasteiger partial charge in [0, 0.05) is 28.8 Å². The van der Waals surface area contributed by atoms with Crippen molar-refractivity contribution < 1.29 is 29.7 Å². The molecular formula is C28H20N2O6. The van der Waals surface area contributed by atoms with E-state index in [-0.39, 0.29) is 5.56 Å². The Balaban J connectivity index is 1.76. The van der Waals surface area contributed by atoms with Crippen LogP contribution in [0.25, 0.3) is 46.1 Å². The summed E-state index contributed by atoms with van der Waals surface area (Å²) < 4.78 is 0. The number of H-pyrrole nitrogens is 1. The summed E-state index contributed by atoms with van der Waals surface area (Å²) in [6, 6.07) is 20.9. The number of nitrogens with zero attached hydrogens (tertiary/aromatic N) is 1. The van der Waals surface area contributed by atoms with E-state index in [9.17, 15) is 19.5 Å². The maximum atomic E-state index is 11.2. The van der Waals surface area contributed by atoms with E-state index in [0.717, 1.165) is 40.1 Å². The lowest BCUT2D eigenvalue weighted by Gasteiger charge is -2.05. The van der Waals surface area contributed by atoms with Crippen LogP contribution in [-0.2, 0) is 9.59 Å². The zero-order valence-electron chi connectivity index (χ0n) is 18.8. The van der Waals surface area contributed by atoms with Gasteiger partial charge in [-0.15, -0.1) is 0 Å². The number of rotatable bonds is 8. The maximum absolute atomic E-state index is 11.2. The molecule has 36 heavy (non-hydrogen) atoms. The molecule has 4 aromatic rings. The van der Waals surface area contributed by atoms with E-state index in [1.807, 2.05) is 24.3 Å². The smallest absolute Gasteiger partial charge is 0.335 e. The fraction of sp³-hybridized carbons (Fsp3) is 0.